The van der Waals surface area contributed by atoms with Crippen LogP contribution in [0.15, 0.2) is 47.4 Å². The third kappa shape index (κ3) is 2.41. The van der Waals surface area contributed by atoms with Crippen molar-refractivity contribution in [1.82, 2.24) is 4.98 Å². The van der Waals surface area contributed by atoms with Gasteiger partial charge in [-0.25, -0.2) is 0 Å². The summed E-state index contributed by atoms with van der Waals surface area (Å²) in [4.78, 5) is 3.50. The van der Waals surface area contributed by atoms with Gasteiger partial charge in [0.1, 0.15) is 4.90 Å². The Kier molecular flexibility index (Phi) is 3.20. The molecule has 1 aromatic heterocycles. The minimum Gasteiger partial charge on any atom is -0.377 e. The summed E-state index contributed by atoms with van der Waals surface area (Å²) < 4.78 is 30.4. The maximum Gasteiger partial charge on any atom is 0.339 e. The van der Waals surface area contributed by atoms with E-state index in [1.165, 1.54) is 11.3 Å². The molecule has 1 heterocycles. The third-order valence-electron chi connectivity index (χ3n) is 4.35. The summed E-state index contributed by atoms with van der Waals surface area (Å²) in [7, 11) is -3.83. The maximum absolute atomic E-state index is 12.5. The van der Waals surface area contributed by atoms with Gasteiger partial charge in [0.15, 0.2) is 5.75 Å². The van der Waals surface area contributed by atoms with Crippen molar-refractivity contribution in [2.24, 2.45) is 0 Å². The molecule has 0 atom stereocenters. The minimum atomic E-state index is -3.83. The minimum absolute atomic E-state index is 0.166. The van der Waals surface area contributed by atoms with Crippen molar-refractivity contribution in [2.75, 3.05) is 0 Å². The number of aromatic amines is 1. The molecule has 4 rings (SSSR count). The summed E-state index contributed by atoms with van der Waals surface area (Å²) in [6.07, 6.45) is 3.18. The van der Waals surface area contributed by atoms with Crippen LogP contribution in [0.3, 0.4) is 0 Å². The Bertz CT molecular complexity index is 985. The summed E-state index contributed by atoms with van der Waals surface area (Å²) in [6, 6.07) is 12.2. The lowest BCUT2D eigenvalue weighted by Gasteiger charge is -2.08. The monoisotopic (exact) mass is 327 g/mol. The highest BCUT2D eigenvalue weighted by molar-refractivity contribution is 7.87. The molecule has 23 heavy (non-hydrogen) atoms. The van der Waals surface area contributed by atoms with Gasteiger partial charge in [-0.05, 0) is 49.9 Å². The van der Waals surface area contributed by atoms with Gasteiger partial charge in [0.05, 0.1) is 5.52 Å². The van der Waals surface area contributed by atoms with E-state index in [0.717, 1.165) is 35.7 Å². The van der Waals surface area contributed by atoms with Crippen LogP contribution in [0.5, 0.6) is 5.75 Å². The fraction of sp³-hybridized carbons (Fsp3) is 0.222. The second-order valence-electron chi connectivity index (χ2n) is 5.96. The van der Waals surface area contributed by atoms with E-state index in [-0.39, 0.29) is 4.90 Å². The molecule has 118 valence electrons. The molecule has 0 unspecified atom stereocenters. The van der Waals surface area contributed by atoms with Crippen molar-refractivity contribution >= 4 is 21.0 Å². The number of fused-ring (bicyclic) bond motifs is 3. The summed E-state index contributed by atoms with van der Waals surface area (Å²) in [5.74, 6) is 0.359. The highest BCUT2D eigenvalue weighted by Gasteiger charge is 2.22. The van der Waals surface area contributed by atoms with Crippen molar-refractivity contribution < 1.29 is 12.6 Å². The van der Waals surface area contributed by atoms with E-state index in [0.29, 0.717) is 5.75 Å². The number of nitrogens with one attached hydrogen (secondary N) is 1. The van der Waals surface area contributed by atoms with Gasteiger partial charge in [0.2, 0.25) is 0 Å². The topological polar surface area (TPSA) is 59.2 Å². The first-order chi connectivity index (χ1) is 11.0. The second kappa shape index (κ2) is 5.13. The summed E-state index contributed by atoms with van der Waals surface area (Å²) in [6.45, 7) is 1.92. The number of hydrogen-bond acceptors (Lipinski definition) is 3. The van der Waals surface area contributed by atoms with Crippen molar-refractivity contribution in [3.8, 4) is 5.75 Å². The quantitative estimate of drug-likeness (QED) is 0.746. The lowest BCUT2D eigenvalue weighted by atomic mass is 10.1. The molecule has 0 bridgehead atoms. The number of aromatic nitrogens is 1. The Labute approximate surface area is 135 Å². The molecule has 2 aromatic carbocycles. The molecular weight excluding hydrogens is 310 g/mol. The molecule has 1 aliphatic rings. The van der Waals surface area contributed by atoms with Crippen LogP contribution in [-0.4, -0.2) is 13.4 Å². The van der Waals surface area contributed by atoms with E-state index in [1.807, 2.05) is 19.1 Å². The highest BCUT2D eigenvalue weighted by Crippen LogP contribution is 2.35. The van der Waals surface area contributed by atoms with Crippen LogP contribution in [0.25, 0.3) is 10.9 Å². The number of para-hydroxylation sites is 1. The number of rotatable bonds is 3. The van der Waals surface area contributed by atoms with Crippen molar-refractivity contribution in [2.45, 2.75) is 31.1 Å². The highest BCUT2D eigenvalue weighted by atomic mass is 32.2. The molecule has 0 saturated carbocycles. The molecule has 0 saturated heterocycles. The van der Waals surface area contributed by atoms with E-state index >= 15 is 0 Å². The van der Waals surface area contributed by atoms with Crippen molar-refractivity contribution in [3.63, 3.8) is 0 Å². The van der Waals surface area contributed by atoms with Gasteiger partial charge in [-0.1, -0.05) is 29.8 Å². The molecule has 0 amide bonds. The fourth-order valence-corrected chi connectivity index (χ4v) is 4.12. The van der Waals surface area contributed by atoms with Gasteiger partial charge < -0.3 is 9.17 Å². The molecule has 3 aromatic rings. The van der Waals surface area contributed by atoms with Gasteiger partial charge in [-0.15, -0.1) is 0 Å². The zero-order valence-corrected chi connectivity index (χ0v) is 13.6. The lowest BCUT2D eigenvalue weighted by Crippen LogP contribution is -2.10. The molecule has 1 aliphatic carbocycles. The van der Waals surface area contributed by atoms with Gasteiger partial charge >= 0.3 is 10.1 Å². The molecule has 5 heteroatoms. The number of H-pyrrole nitrogens is 1. The summed E-state index contributed by atoms with van der Waals surface area (Å²) >= 11 is 0. The van der Waals surface area contributed by atoms with Gasteiger partial charge in [0.25, 0.3) is 0 Å². The molecular formula is C18H17NO3S. The Balaban J connectivity index is 1.77. The van der Waals surface area contributed by atoms with E-state index in [2.05, 4.69) is 4.98 Å². The smallest absolute Gasteiger partial charge is 0.339 e. The zero-order chi connectivity index (χ0) is 16.0. The average molecular weight is 327 g/mol. The number of aryl methyl sites for hydroxylation is 3. The third-order valence-corrected chi connectivity index (χ3v) is 5.60. The normalized spacial score (nSPS) is 14.1. The molecule has 1 N–H and O–H groups in total. The first-order valence-corrected chi connectivity index (χ1v) is 9.09. The second-order valence-corrected chi connectivity index (χ2v) is 7.51. The standard InChI is InChI=1S/C18H17NO3S/c1-12-8-10-13(11-9-12)23(20,21)22-17-7-3-5-15-14-4-2-6-16(14)19-18(15)17/h3,5,7-11,19H,2,4,6H2,1H3. The Morgan fingerprint density at radius 1 is 1.04 bits per heavy atom. The first kappa shape index (κ1) is 14.3. The van der Waals surface area contributed by atoms with Crippen LogP contribution in [0, 0.1) is 6.92 Å². The van der Waals surface area contributed by atoms with E-state index in [1.54, 1.807) is 30.3 Å². The first-order valence-electron chi connectivity index (χ1n) is 7.68. The SMILES string of the molecule is Cc1ccc(S(=O)(=O)Oc2cccc3c4c([nH]c23)CCC4)cc1. The lowest BCUT2D eigenvalue weighted by molar-refractivity contribution is 0.488. The van der Waals surface area contributed by atoms with E-state index in [9.17, 15) is 8.42 Å². The Morgan fingerprint density at radius 3 is 2.61 bits per heavy atom. The molecule has 0 fully saturated rings. The largest absolute Gasteiger partial charge is 0.377 e. The van der Waals surface area contributed by atoms with Crippen LogP contribution in [0.1, 0.15) is 23.2 Å². The van der Waals surface area contributed by atoms with E-state index < -0.39 is 10.1 Å². The van der Waals surface area contributed by atoms with Crippen LogP contribution < -0.4 is 4.18 Å². The van der Waals surface area contributed by atoms with Crippen molar-refractivity contribution in [1.29, 1.82) is 0 Å². The van der Waals surface area contributed by atoms with Crippen LogP contribution >= 0.6 is 0 Å². The predicted molar refractivity (Wildman–Crippen MR) is 89.3 cm³/mol. The molecule has 0 spiro atoms. The average Bonchev–Trinajstić information content (AvgIpc) is 3.09. The van der Waals surface area contributed by atoms with E-state index in [4.69, 9.17) is 4.18 Å². The van der Waals surface area contributed by atoms with Gasteiger partial charge in [0, 0.05) is 11.1 Å². The Hall–Kier alpha value is -2.27. The number of benzene rings is 2. The molecule has 0 aliphatic heterocycles. The maximum atomic E-state index is 12.5. The van der Waals surface area contributed by atoms with Gasteiger partial charge in [-0.3, -0.25) is 0 Å². The Morgan fingerprint density at radius 2 is 1.83 bits per heavy atom. The van der Waals surface area contributed by atoms with Crippen molar-refractivity contribution in [3.05, 3.63) is 59.3 Å². The van der Waals surface area contributed by atoms with Crippen LogP contribution in [0.4, 0.5) is 0 Å². The molecule has 0 radical (unpaired) electrons. The zero-order valence-electron chi connectivity index (χ0n) is 12.8. The summed E-state index contributed by atoms with van der Waals surface area (Å²) in [5, 5.41) is 1.06. The van der Waals surface area contributed by atoms with Crippen LogP contribution in [0.2, 0.25) is 0 Å². The number of hydrogen-bond donors (Lipinski definition) is 1. The van der Waals surface area contributed by atoms with Gasteiger partial charge in [-0.2, -0.15) is 8.42 Å². The summed E-state index contributed by atoms with van der Waals surface area (Å²) in [5.41, 5.74) is 4.27. The molecule has 4 nitrogen and oxygen atoms in total. The predicted octanol–water partition coefficient (Wildman–Crippen LogP) is 3.73. The fourth-order valence-electron chi connectivity index (χ4n) is 3.18. The van der Waals surface area contributed by atoms with Crippen LogP contribution in [-0.2, 0) is 23.0 Å².